The molecule has 1 fully saturated rings. The normalized spacial score (nSPS) is 17.6. The minimum absolute atomic E-state index is 0.0135. The predicted octanol–water partition coefficient (Wildman–Crippen LogP) is 2.04. The van der Waals surface area contributed by atoms with Gasteiger partial charge < -0.3 is 5.32 Å². The van der Waals surface area contributed by atoms with Gasteiger partial charge in [-0.05, 0) is 38.0 Å². The van der Waals surface area contributed by atoms with Gasteiger partial charge in [-0.1, -0.05) is 29.5 Å². The van der Waals surface area contributed by atoms with Gasteiger partial charge in [-0.3, -0.25) is 4.79 Å². The third-order valence-corrected chi connectivity index (χ3v) is 3.89. The van der Waals surface area contributed by atoms with Gasteiger partial charge in [0.25, 0.3) is 0 Å². The lowest BCUT2D eigenvalue weighted by molar-refractivity contribution is -0.117. The minimum atomic E-state index is -0.347. The number of H-pyrrole nitrogens is 1. The Morgan fingerprint density at radius 1 is 1.38 bits per heavy atom. The first-order chi connectivity index (χ1) is 9.98. The highest BCUT2D eigenvalue weighted by Gasteiger charge is 2.34. The lowest BCUT2D eigenvalue weighted by Crippen LogP contribution is -2.21. The number of aromatic nitrogens is 4. The van der Waals surface area contributed by atoms with Crippen LogP contribution in [0.15, 0.2) is 36.4 Å². The second-order valence-electron chi connectivity index (χ2n) is 5.84. The Kier molecular flexibility index (Phi) is 3.08. The molecule has 2 N–H and O–H groups in total. The van der Waals surface area contributed by atoms with E-state index in [0.29, 0.717) is 5.82 Å². The van der Waals surface area contributed by atoms with Crippen LogP contribution in [-0.2, 0) is 10.2 Å². The Labute approximate surface area is 122 Å². The highest BCUT2D eigenvalue weighted by Crippen LogP contribution is 2.36. The van der Waals surface area contributed by atoms with E-state index in [2.05, 4.69) is 32.5 Å². The van der Waals surface area contributed by atoms with Gasteiger partial charge >= 0.3 is 0 Å². The molecule has 6 nitrogen and oxygen atoms in total. The number of amides is 1. The summed E-state index contributed by atoms with van der Waals surface area (Å²) < 4.78 is 0. The van der Waals surface area contributed by atoms with Crippen molar-refractivity contribution in [2.24, 2.45) is 5.92 Å². The van der Waals surface area contributed by atoms with Crippen LogP contribution < -0.4 is 5.32 Å². The van der Waals surface area contributed by atoms with Gasteiger partial charge in [0.05, 0.1) is 11.3 Å². The van der Waals surface area contributed by atoms with E-state index < -0.39 is 0 Å². The first-order valence-corrected chi connectivity index (χ1v) is 6.81. The molecule has 1 unspecified atom stereocenters. The fourth-order valence-electron chi connectivity index (χ4n) is 2.24. The summed E-state index contributed by atoms with van der Waals surface area (Å²) in [6.45, 7) is 7.86. The van der Waals surface area contributed by atoms with E-state index in [1.807, 2.05) is 38.1 Å². The van der Waals surface area contributed by atoms with Crippen molar-refractivity contribution in [1.82, 2.24) is 20.6 Å². The second-order valence-corrected chi connectivity index (χ2v) is 5.84. The number of nitrogens with zero attached hydrogens (tertiary/aromatic N) is 3. The number of hydrogen-bond donors (Lipinski definition) is 2. The molecule has 0 spiro atoms. The third kappa shape index (κ3) is 2.56. The first kappa shape index (κ1) is 13.5. The summed E-state index contributed by atoms with van der Waals surface area (Å²) in [5, 5.41) is 17.1. The Morgan fingerprint density at radius 3 is 2.57 bits per heavy atom. The Bertz CT molecular complexity index is 673. The molecule has 0 aliphatic heterocycles. The lowest BCUT2D eigenvalue weighted by Gasteiger charge is -2.21. The van der Waals surface area contributed by atoms with E-state index in [4.69, 9.17) is 0 Å². The summed E-state index contributed by atoms with van der Waals surface area (Å²) in [4.78, 5) is 11.8. The summed E-state index contributed by atoms with van der Waals surface area (Å²) in [5.41, 5.74) is 2.49. The van der Waals surface area contributed by atoms with Gasteiger partial charge in [-0.15, -0.1) is 10.2 Å². The summed E-state index contributed by atoms with van der Waals surface area (Å²) >= 11 is 0. The SMILES string of the molecule is C=C1CC1C(=O)Nc1ccc(C(C)(C)c2nn[nH]n2)cc1. The fraction of sp³-hybridized carbons (Fsp3) is 0.333. The van der Waals surface area contributed by atoms with Crippen molar-refractivity contribution in [2.45, 2.75) is 25.7 Å². The summed E-state index contributed by atoms with van der Waals surface area (Å²) in [6.07, 6.45) is 0.800. The molecule has 1 aromatic heterocycles. The molecule has 6 heteroatoms. The number of aromatic amines is 1. The van der Waals surface area contributed by atoms with Crippen LogP contribution in [0.1, 0.15) is 31.7 Å². The highest BCUT2D eigenvalue weighted by atomic mass is 16.2. The summed E-state index contributed by atoms with van der Waals surface area (Å²) in [5.74, 6) is 0.638. The zero-order valence-corrected chi connectivity index (χ0v) is 12.1. The van der Waals surface area contributed by atoms with Crippen LogP contribution in [0.2, 0.25) is 0 Å². The van der Waals surface area contributed by atoms with Gasteiger partial charge in [0, 0.05) is 5.69 Å². The van der Waals surface area contributed by atoms with Crippen LogP contribution in [0.25, 0.3) is 0 Å². The molecule has 21 heavy (non-hydrogen) atoms. The molecule has 1 aliphatic carbocycles. The molecule has 1 atom stereocenters. The van der Waals surface area contributed by atoms with Crippen LogP contribution >= 0.6 is 0 Å². The molecule has 0 bridgehead atoms. The second kappa shape index (κ2) is 4.80. The standard InChI is InChI=1S/C15H17N5O/c1-9-8-12(9)13(21)16-11-6-4-10(5-7-11)15(2,3)14-17-19-20-18-14/h4-7,12H,1,8H2,2-3H3,(H,16,21)(H,17,18,19,20). The van der Waals surface area contributed by atoms with Crippen molar-refractivity contribution in [1.29, 1.82) is 0 Å². The zero-order chi connectivity index (χ0) is 15.0. The Balaban J connectivity index is 1.75. The molecule has 1 saturated carbocycles. The minimum Gasteiger partial charge on any atom is -0.326 e. The van der Waals surface area contributed by atoms with Gasteiger partial charge in [0.1, 0.15) is 0 Å². The first-order valence-electron chi connectivity index (χ1n) is 6.81. The lowest BCUT2D eigenvalue weighted by atomic mass is 9.84. The highest BCUT2D eigenvalue weighted by molar-refractivity contribution is 5.97. The van der Waals surface area contributed by atoms with E-state index in [1.54, 1.807) is 0 Å². The topological polar surface area (TPSA) is 83.6 Å². The zero-order valence-electron chi connectivity index (χ0n) is 12.1. The molecule has 3 rings (SSSR count). The van der Waals surface area contributed by atoms with Crippen LogP contribution in [0, 0.1) is 5.92 Å². The van der Waals surface area contributed by atoms with Crippen LogP contribution in [0.4, 0.5) is 5.69 Å². The molecular formula is C15H17N5O. The third-order valence-electron chi connectivity index (χ3n) is 3.89. The monoisotopic (exact) mass is 283 g/mol. The molecule has 1 aliphatic rings. The molecule has 1 heterocycles. The van der Waals surface area contributed by atoms with E-state index in [0.717, 1.165) is 23.2 Å². The van der Waals surface area contributed by atoms with Crippen molar-refractivity contribution >= 4 is 11.6 Å². The number of nitrogens with one attached hydrogen (secondary N) is 2. The van der Waals surface area contributed by atoms with Crippen molar-refractivity contribution in [3.05, 3.63) is 47.8 Å². The number of benzene rings is 1. The summed E-state index contributed by atoms with van der Waals surface area (Å²) in [7, 11) is 0. The smallest absolute Gasteiger partial charge is 0.231 e. The molecule has 2 aromatic rings. The van der Waals surface area contributed by atoms with E-state index in [9.17, 15) is 4.79 Å². The van der Waals surface area contributed by atoms with Crippen molar-refractivity contribution in [3.8, 4) is 0 Å². The number of carbonyl (C=O) groups is 1. The van der Waals surface area contributed by atoms with Gasteiger partial charge in [-0.25, -0.2) is 0 Å². The maximum absolute atomic E-state index is 11.8. The number of tetrazole rings is 1. The fourth-order valence-corrected chi connectivity index (χ4v) is 2.24. The average Bonchev–Trinajstić information content (AvgIpc) is 2.96. The van der Waals surface area contributed by atoms with Crippen LogP contribution in [0.5, 0.6) is 0 Å². The maximum Gasteiger partial charge on any atom is 0.231 e. The van der Waals surface area contributed by atoms with Crippen LogP contribution in [0.3, 0.4) is 0 Å². The van der Waals surface area contributed by atoms with E-state index >= 15 is 0 Å². The molecule has 1 amide bonds. The van der Waals surface area contributed by atoms with Gasteiger partial charge in [0.2, 0.25) is 5.91 Å². The van der Waals surface area contributed by atoms with Crippen molar-refractivity contribution < 1.29 is 4.79 Å². The predicted molar refractivity (Wildman–Crippen MR) is 78.6 cm³/mol. The molecule has 108 valence electrons. The quantitative estimate of drug-likeness (QED) is 0.841. The maximum atomic E-state index is 11.8. The number of hydrogen-bond acceptors (Lipinski definition) is 4. The number of carbonyl (C=O) groups excluding carboxylic acids is 1. The van der Waals surface area contributed by atoms with E-state index in [-0.39, 0.29) is 17.2 Å². The average molecular weight is 283 g/mol. The van der Waals surface area contributed by atoms with Gasteiger partial charge in [0.15, 0.2) is 5.82 Å². The van der Waals surface area contributed by atoms with Gasteiger partial charge in [-0.2, -0.15) is 5.21 Å². The van der Waals surface area contributed by atoms with E-state index in [1.165, 1.54) is 0 Å². The van der Waals surface area contributed by atoms with Crippen molar-refractivity contribution in [2.75, 3.05) is 5.32 Å². The molecular weight excluding hydrogens is 266 g/mol. The number of anilines is 1. The Hall–Kier alpha value is -2.50. The largest absolute Gasteiger partial charge is 0.326 e. The number of rotatable bonds is 4. The summed E-state index contributed by atoms with van der Waals surface area (Å²) in [6, 6.07) is 7.71. The molecule has 0 saturated heterocycles. The Morgan fingerprint density at radius 2 is 2.05 bits per heavy atom. The molecule has 0 radical (unpaired) electrons. The van der Waals surface area contributed by atoms with Crippen molar-refractivity contribution in [3.63, 3.8) is 0 Å². The molecule has 1 aromatic carbocycles. The van der Waals surface area contributed by atoms with Crippen LogP contribution in [-0.4, -0.2) is 26.5 Å².